The van der Waals surface area contributed by atoms with E-state index in [4.69, 9.17) is 4.74 Å². The van der Waals surface area contributed by atoms with Gasteiger partial charge >= 0.3 is 0 Å². The van der Waals surface area contributed by atoms with Crippen LogP contribution in [-0.2, 0) is 9.59 Å². The molecule has 25 heavy (non-hydrogen) atoms. The minimum Gasteiger partial charge on any atom is -0.497 e. The average molecular weight is 345 g/mol. The Labute approximate surface area is 147 Å². The third-order valence-electron chi connectivity index (χ3n) is 4.75. The second kappa shape index (κ2) is 7.55. The molecular weight excluding hydrogens is 322 g/mol. The van der Waals surface area contributed by atoms with Crippen molar-refractivity contribution in [3.63, 3.8) is 0 Å². The predicted octanol–water partition coefficient (Wildman–Crippen LogP) is 0.602. The molecule has 1 aromatic carbocycles. The first kappa shape index (κ1) is 17.3. The van der Waals surface area contributed by atoms with Gasteiger partial charge in [-0.05, 0) is 30.7 Å². The molecule has 0 saturated carbocycles. The van der Waals surface area contributed by atoms with Crippen molar-refractivity contribution >= 4 is 17.7 Å². The zero-order chi connectivity index (χ0) is 17.8. The minimum atomic E-state index is -0.0375. The third kappa shape index (κ3) is 3.92. The lowest BCUT2D eigenvalue weighted by Crippen LogP contribution is -2.52. The fourth-order valence-electron chi connectivity index (χ4n) is 3.21. The Hall–Kier alpha value is -2.57. The molecule has 0 N–H and O–H groups in total. The number of methoxy groups -OCH3 is 1. The molecule has 2 saturated heterocycles. The number of hydrogen-bond donors (Lipinski definition) is 0. The van der Waals surface area contributed by atoms with Gasteiger partial charge in [0.05, 0.1) is 13.7 Å². The molecule has 134 valence electrons. The van der Waals surface area contributed by atoms with Crippen molar-refractivity contribution in [3.8, 4) is 5.75 Å². The topological polar surface area (TPSA) is 70.2 Å². The van der Waals surface area contributed by atoms with E-state index in [0.29, 0.717) is 50.5 Å². The number of ether oxygens (including phenoxy) is 1. The van der Waals surface area contributed by atoms with Gasteiger partial charge in [0.25, 0.3) is 5.91 Å². The first-order valence-electron chi connectivity index (χ1n) is 8.57. The van der Waals surface area contributed by atoms with Gasteiger partial charge in [-0.3, -0.25) is 14.4 Å². The van der Waals surface area contributed by atoms with Crippen molar-refractivity contribution in [1.29, 1.82) is 0 Å². The van der Waals surface area contributed by atoms with E-state index in [-0.39, 0.29) is 24.3 Å². The number of piperazine rings is 1. The van der Waals surface area contributed by atoms with Crippen LogP contribution in [0.3, 0.4) is 0 Å². The maximum atomic E-state index is 12.5. The summed E-state index contributed by atoms with van der Waals surface area (Å²) in [5, 5.41) is 0. The van der Waals surface area contributed by atoms with Crippen LogP contribution in [-0.4, -0.2) is 78.8 Å². The Morgan fingerprint density at radius 3 is 2.20 bits per heavy atom. The van der Waals surface area contributed by atoms with Crippen molar-refractivity contribution in [1.82, 2.24) is 14.7 Å². The zero-order valence-corrected chi connectivity index (χ0v) is 14.4. The highest BCUT2D eigenvalue weighted by atomic mass is 16.5. The Kier molecular flexibility index (Phi) is 5.21. The zero-order valence-electron chi connectivity index (χ0n) is 14.4. The molecule has 2 aliphatic rings. The molecule has 2 aliphatic heterocycles. The standard InChI is InChI=1S/C18H23N3O4/c1-25-15-6-4-14(5-7-15)18(24)20-11-9-19(10-12-20)17(23)13-21-8-2-3-16(21)22/h4-7H,2-3,8-13H2,1H3. The van der Waals surface area contributed by atoms with E-state index >= 15 is 0 Å². The number of hydrogen-bond acceptors (Lipinski definition) is 4. The van der Waals surface area contributed by atoms with E-state index in [1.165, 1.54) is 0 Å². The quantitative estimate of drug-likeness (QED) is 0.801. The largest absolute Gasteiger partial charge is 0.497 e. The molecule has 7 nitrogen and oxygen atoms in total. The lowest BCUT2D eigenvalue weighted by atomic mass is 10.1. The molecule has 1 aromatic rings. The smallest absolute Gasteiger partial charge is 0.253 e. The van der Waals surface area contributed by atoms with Crippen LogP contribution in [0.1, 0.15) is 23.2 Å². The molecule has 0 unspecified atom stereocenters. The third-order valence-corrected chi connectivity index (χ3v) is 4.75. The van der Waals surface area contributed by atoms with Crippen LogP contribution in [0.15, 0.2) is 24.3 Å². The van der Waals surface area contributed by atoms with Gasteiger partial charge in [-0.2, -0.15) is 0 Å². The summed E-state index contributed by atoms with van der Waals surface area (Å²) in [6.07, 6.45) is 1.37. The first-order chi connectivity index (χ1) is 12.1. The molecule has 3 amide bonds. The Morgan fingerprint density at radius 1 is 1.00 bits per heavy atom. The van der Waals surface area contributed by atoms with Crippen LogP contribution in [0.25, 0.3) is 0 Å². The van der Waals surface area contributed by atoms with Gasteiger partial charge in [0.2, 0.25) is 11.8 Å². The summed E-state index contributed by atoms with van der Waals surface area (Å²) in [5.41, 5.74) is 0.614. The van der Waals surface area contributed by atoms with E-state index in [1.807, 2.05) is 0 Å². The fourth-order valence-corrected chi connectivity index (χ4v) is 3.21. The van der Waals surface area contributed by atoms with Gasteiger partial charge in [0.15, 0.2) is 0 Å². The van der Waals surface area contributed by atoms with Gasteiger partial charge in [0.1, 0.15) is 5.75 Å². The highest BCUT2D eigenvalue weighted by Gasteiger charge is 2.28. The number of carbonyl (C=O) groups excluding carboxylic acids is 3. The SMILES string of the molecule is COc1ccc(C(=O)N2CCN(C(=O)CN3CCCC3=O)CC2)cc1. The Morgan fingerprint density at radius 2 is 1.64 bits per heavy atom. The second-order valence-electron chi connectivity index (χ2n) is 6.32. The van der Waals surface area contributed by atoms with E-state index in [0.717, 1.165) is 6.42 Å². The Balaban J connectivity index is 1.51. The van der Waals surface area contributed by atoms with E-state index < -0.39 is 0 Å². The van der Waals surface area contributed by atoms with Gasteiger partial charge in [-0.1, -0.05) is 0 Å². The van der Waals surface area contributed by atoms with Crippen LogP contribution in [0.4, 0.5) is 0 Å². The van der Waals surface area contributed by atoms with Gasteiger partial charge in [-0.15, -0.1) is 0 Å². The molecule has 7 heteroatoms. The van der Waals surface area contributed by atoms with Crippen LogP contribution in [0.5, 0.6) is 5.75 Å². The molecule has 0 atom stereocenters. The van der Waals surface area contributed by atoms with Crippen LogP contribution in [0, 0.1) is 0 Å². The molecule has 2 heterocycles. The van der Waals surface area contributed by atoms with Crippen molar-refractivity contribution in [2.75, 3.05) is 46.4 Å². The number of likely N-dealkylation sites (tertiary alicyclic amines) is 1. The van der Waals surface area contributed by atoms with Gasteiger partial charge < -0.3 is 19.4 Å². The van der Waals surface area contributed by atoms with E-state index in [2.05, 4.69) is 0 Å². The number of rotatable bonds is 4. The summed E-state index contributed by atoms with van der Waals surface area (Å²) in [7, 11) is 1.59. The maximum absolute atomic E-state index is 12.5. The summed E-state index contributed by atoms with van der Waals surface area (Å²) >= 11 is 0. The fraction of sp³-hybridized carbons (Fsp3) is 0.500. The minimum absolute atomic E-state index is 0.0354. The van der Waals surface area contributed by atoms with E-state index in [9.17, 15) is 14.4 Å². The summed E-state index contributed by atoms with van der Waals surface area (Å²) in [6, 6.07) is 7.02. The highest BCUT2D eigenvalue weighted by molar-refractivity contribution is 5.94. The molecule has 0 bridgehead atoms. The number of nitrogens with zero attached hydrogens (tertiary/aromatic N) is 3. The molecule has 0 aromatic heterocycles. The van der Waals surface area contributed by atoms with Crippen LogP contribution >= 0.6 is 0 Å². The summed E-state index contributed by atoms with van der Waals surface area (Å²) in [6.45, 7) is 2.84. The highest BCUT2D eigenvalue weighted by Crippen LogP contribution is 2.15. The lowest BCUT2D eigenvalue weighted by molar-refractivity contribution is -0.139. The molecular formula is C18H23N3O4. The van der Waals surface area contributed by atoms with Crippen LogP contribution < -0.4 is 4.74 Å². The van der Waals surface area contributed by atoms with Gasteiger partial charge in [-0.25, -0.2) is 0 Å². The normalized spacial score (nSPS) is 17.8. The Bertz CT molecular complexity index is 651. The van der Waals surface area contributed by atoms with Gasteiger partial charge in [0, 0.05) is 44.7 Å². The number of carbonyl (C=O) groups is 3. The number of benzene rings is 1. The van der Waals surface area contributed by atoms with Crippen molar-refractivity contribution in [2.45, 2.75) is 12.8 Å². The number of amides is 3. The van der Waals surface area contributed by atoms with Crippen molar-refractivity contribution < 1.29 is 19.1 Å². The molecule has 2 fully saturated rings. The summed E-state index contributed by atoms with van der Waals surface area (Å²) in [5.74, 6) is 0.696. The second-order valence-corrected chi connectivity index (χ2v) is 6.32. The van der Waals surface area contributed by atoms with Crippen LogP contribution in [0.2, 0.25) is 0 Å². The average Bonchev–Trinajstić information content (AvgIpc) is 3.06. The molecule has 0 spiro atoms. The maximum Gasteiger partial charge on any atom is 0.253 e. The van der Waals surface area contributed by atoms with E-state index in [1.54, 1.807) is 46.1 Å². The molecule has 3 rings (SSSR count). The van der Waals surface area contributed by atoms with Crippen molar-refractivity contribution in [3.05, 3.63) is 29.8 Å². The molecule has 0 aliphatic carbocycles. The lowest BCUT2D eigenvalue weighted by Gasteiger charge is -2.35. The van der Waals surface area contributed by atoms with Crippen molar-refractivity contribution in [2.24, 2.45) is 0 Å². The summed E-state index contributed by atoms with van der Waals surface area (Å²) < 4.78 is 5.10. The first-order valence-corrected chi connectivity index (χ1v) is 8.57. The molecule has 0 radical (unpaired) electrons. The predicted molar refractivity (Wildman–Crippen MR) is 91.3 cm³/mol. The summed E-state index contributed by atoms with van der Waals surface area (Å²) in [4.78, 5) is 41.6. The monoisotopic (exact) mass is 345 g/mol.